The summed E-state index contributed by atoms with van der Waals surface area (Å²) in [6, 6.07) is 6.65. The molecule has 1 N–H and O–H groups in total. The van der Waals surface area contributed by atoms with Gasteiger partial charge >= 0.3 is 5.69 Å². The predicted octanol–water partition coefficient (Wildman–Crippen LogP) is 0.819. The minimum Gasteiger partial charge on any atom is -0.307 e. The van der Waals surface area contributed by atoms with Crippen molar-refractivity contribution in [1.29, 1.82) is 0 Å². The van der Waals surface area contributed by atoms with Crippen LogP contribution >= 0.6 is 0 Å². The summed E-state index contributed by atoms with van der Waals surface area (Å²) in [5.74, 6) is 0. The van der Waals surface area contributed by atoms with Crippen molar-refractivity contribution in [3.63, 3.8) is 0 Å². The van der Waals surface area contributed by atoms with Crippen molar-refractivity contribution in [2.45, 2.75) is 37.0 Å². The van der Waals surface area contributed by atoms with Crippen molar-refractivity contribution >= 4 is 20.9 Å². The smallest absolute Gasteiger partial charge is 0.307 e. The minimum absolute atomic E-state index is 0.221. The number of sulfonamides is 1. The van der Waals surface area contributed by atoms with E-state index in [1.807, 2.05) is 0 Å². The molecule has 1 saturated heterocycles. The van der Waals surface area contributed by atoms with Crippen molar-refractivity contribution < 1.29 is 8.42 Å². The molecule has 0 radical (unpaired) electrons. The Balaban J connectivity index is 1.63. The number of H-pyrrole nitrogens is 1. The van der Waals surface area contributed by atoms with Gasteiger partial charge in [-0.2, -0.15) is 0 Å². The molecule has 24 heavy (non-hydrogen) atoms. The van der Waals surface area contributed by atoms with Crippen molar-refractivity contribution in [1.82, 2.24) is 13.9 Å². The van der Waals surface area contributed by atoms with Gasteiger partial charge in [-0.25, -0.2) is 17.5 Å². The van der Waals surface area contributed by atoms with Crippen LogP contribution in [-0.4, -0.2) is 40.6 Å². The molecular formula is C16H19N3O4S. The Morgan fingerprint density at radius 2 is 1.67 bits per heavy atom. The molecular weight excluding hydrogens is 330 g/mol. The number of aromatic nitrogens is 2. The molecule has 0 atom stereocenters. The molecule has 0 amide bonds. The van der Waals surface area contributed by atoms with Crippen LogP contribution in [0.5, 0.6) is 0 Å². The van der Waals surface area contributed by atoms with E-state index in [2.05, 4.69) is 4.98 Å². The van der Waals surface area contributed by atoms with Crippen molar-refractivity contribution in [2.75, 3.05) is 13.1 Å². The van der Waals surface area contributed by atoms with Crippen LogP contribution in [0.15, 0.2) is 33.9 Å². The highest BCUT2D eigenvalue weighted by molar-refractivity contribution is 7.90. The summed E-state index contributed by atoms with van der Waals surface area (Å²) in [7, 11) is -3.19. The normalized spacial score (nSPS) is 20.5. The quantitative estimate of drug-likeness (QED) is 0.888. The van der Waals surface area contributed by atoms with Crippen molar-refractivity contribution in [3.05, 3.63) is 45.1 Å². The zero-order valence-electron chi connectivity index (χ0n) is 13.1. The standard InChI is InChI=1S/C16H19N3O4S/c20-15-13-3-1-2-4-14(13)17-16(21)19(15)11-7-9-18(10-8-11)24(22,23)12-5-6-12/h1-4,11-12H,5-10H2,(H,17,21). The fourth-order valence-corrected chi connectivity index (χ4v) is 5.31. The highest BCUT2D eigenvalue weighted by Gasteiger charge is 2.41. The fourth-order valence-electron chi connectivity index (χ4n) is 3.44. The van der Waals surface area contributed by atoms with Crippen LogP contribution in [-0.2, 0) is 10.0 Å². The summed E-state index contributed by atoms with van der Waals surface area (Å²) >= 11 is 0. The highest BCUT2D eigenvalue weighted by atomic mass is 32.2. The largest absolute Gasteiger partial charge is 0.329 e. The van der Waals surface area contributed by atoms with Gasteiger partial charge in [-0.15, -0.1) is 0 Å². The van der Waals surface area contributed by atoms with E-state index in [0.717, 1.165) is 12.8 Å². The van der Waals surface area contributed by atoms with E-state index in [1.165, 1.54) is 8.87 Å². The summed E-state index contributed by atoms with van der Waals surface area (Å²) in [6.07, 6.45) is 2.44. The summed E-state index contributed by atoms with van der Waals surface area (Å²) in [4.78, 5) is 27.7. The Bertz CT molecular complexity index is 996. The van der Waals surface area contributed by atoms with Gasteiger partial charge in [-0.1, -0.05) is 12.1 Å². The lowest BCUT2D eigenvalue weighted by Gasteiger charge is -2.31. The molecule has 2 aliphatic rings. The number of hydrogen-bond acceptors (Lipinski definition) is 4. The average Bonchev–Trinajstić information content (AvgIpc) is 3.41. The van der Waals surface area contributed by atoms with E-state index in [-0.39, 0.29) is 16.9 Å². The first-order valence-electron chi connectivity index (χ1n) is 8.21. The first-order valence-corrected chi connectivity index (χ1v) is 9.71. The molecule has 2 fully saturated rings. The predicted molar refractivity (Wildman–Crippen MR) is 90.6 cm³/mol. The Kier molecular flexibility index (Phi) is 3.61. The van der Waals surface area contributed by atoms with E-state index >= 15 is 0 Å². The van der Waals surface area contributed by atoms with Gasteiger partial charge in [0, 0.05) is 19.1 Å². The van der Waals surface area contributed by atoms with Gasteiger partial charge in [0.2, 0.25) is 10.0 Å². The summed E-state index contributed by atoms with van der Waals surface area (Å²) in [5.41, 5.74) is -0.211. The molecule has 0 unspecified atom stereocenters. The van der Waals surface area contributed by atoms with E-state index in [9.17, 15) is 18.0 Å². The van der Waals surface area contributed by atoms with Gasteiger partial charge in [0.05, 0.1) is 16.2 Å². The molecule has 1 aromatic carbocycles. The van der Waals surface area contributed by atoms with Crippen molar-refractivity contribution in [3.8, 4) is 0 Å². The maximum absolute atomic E-state index is 12.7. The Morgan fingerprint density at radius 1 is 1.00 bits per heavy atom. The first kappa shape index (κ1) is 15.6. The average molecular weight is 349 g/mol. The number of hydrogen-bond donors (Lipinski definition) is 1. The Morgan fingerprint density at radius 3 is 2.33 bits per heavy atom. The SMILES string of the molecule is O=c1[nH]c2ccccc2c(=O)n1C1CCN(S(=O)(=O)C2CC2)CC1. The maximum Gasteiger partial charge on any atom is 0.329 e. The molecule has 4 rings (SSSR count). The van der Waals surface area contributed by atoms with Crippen LogP contribution in [0.4, 0.5) is 0 Å². The number of benzene rings is 1. The van der Waals surface area contributed by atoms with Crippen LogP contribution in [0.3, 0.4) is 0 Å². The van der Waals surface area contributed by atoms with Gasteiger partial charge in [-0.05, 0) is 37.8 Å². The number of nitrogens with one attached hydrogen (secondary N) is 1. The second kappa shape index (κ2) is 5.56. The molecule has 0 bridgehead atoms. The topological polar surface area (TPSA) is 92.2 Å². The van der Waals surface area contributed by atoms with Gasteiger partial charge in [0.25, 0.3) is 5.56 Å². The zero-order valence-corrected chi connectivity index (χ0v) is 14.0. The second-order valence-corrected chi connectivity index (χ2v) is 8.74. The van der Waals surface area contributed by atoms with Crippen LogP contribution in [0, 0.1) is 0 Å². The van der Waals surface area contributed by atoms with Crippen LogP contribution in [0.1, 0.15) is 31.7 Å². The van der Waals surface area contributed by atoms with Crippen LogP contribution in [0.25, 0.3) is 10.9 Å². The van der Waals surface area contributed by atoms with Gasteiger partial charge in [-0.3, -0.25) is 9.36 Å². The summed E-state index contributed by atoms with van der Waals surface area (Å²) in [5, 5.41) is 0.256. The second-order valence-electron chi connectivity index (χ2n) is 6.53. The molecule has 2 aromatic rings. The van der Waals surface area contributed by atoms with Crippen LogP contribution in [0.2, 0.25) is 0 Å². The van der Waals surface area contributed by atoms with E-state index in [0.29, 0.717) is 36.8 Å². The molecule has 8 heteroatoms. The van der Waals surface area contributed by atoms with E-state index in [1.54, 1.807) is 24.3 Å². The number of para-hydroxylation sites is 1. The lowest BCUT2D eigenvalue weighted by molar-refractivity contribution is 0.265. The maximum atomic E-state index is 12.7. The third-order valence-electron chi connectivity index (χ3n) is 4.93. The molecule has 1 aliphatic carbocycles. The fraction of sp³-hybridized carbons (Fsp3) is 0.500. The Labute approximate surface area is 139 Å². The van der Waals surface area contributed by atoms with Gasteiger partial charge < -0.3 is 4.98 Å². The van der Waals surface area contributed by atoms with Crippen molar-refractivity contribution in [2.24, 2.45) is 0 Å². The molecule has 2 heterocycles. The third kappa shape index (κ3) is 2.50. The molecule has 1 aromatic heterocycles. The number of fused-ring (bicyclic) bond motifs is 1. The monoisotopic (exact) mass is 349 g/mol. The van der Waals surface area contributed by atoms with Gasteiger partial charge in [0.1, 0.15) is 0 Å². The first-order chi connectivity index (χ1) is 11.5. The molecule has 1 saturated carbocycles. The summed E-state index contributed by atoms with van der Waals surface area (Å²) < 4.78 is 27.3. The number of rotatable bonds is 3. The zero-order chi connectivity index (χ0) is 16.9. The summed E-state index contributed by atoms with van der Waals surface area (Å²) in [6.45, 7) is 0.727. The highest BCUT2D eigenvalue weighted by Crippen LogP contribution is 2.33. The van der Waals surface area contributed by atoms with E-state index < -0.39 is 15.7 Å². The molecule has 0 spiro atoms. The van der Waals surface area contributed by atoms with Crippen LogP contribution < -0.4 is 11.2 Å². The number of piperidine rings is 1. The molecule has 128 valence electrons. The Hall–Kier alpha value is -1.93. The van der Waals surface area contributed by atoms with E-state index in [4.69, 9.17) is 0 Å². The lowest BCUT2D eigenvalue weighted by Crippen LogP contribution is -2.45. The van der Waals surface area contributed by atoms with Gasteiger partial charge in [0.15, 0.2) is 0 Å². The lowest BCUT2D eigenvalue weighted by atomic mass is 10.1. The third-order valence-corrected chi connectivity index (χ3v) is 7.33. The molecule has 7 nitrogen and oxygen atoms in total. The minimum atomic E-state index is -3.19. The number of aromatic amines is 1. The molecule has 1 aliphatic heterocycles. The number of nitrogens with zero attached hydrogens (tertiary/aromatic N) is 2.